The quantitative estimate of drug-likeness (QED) is 0.783. The predicted molar refractivity (Wildman–Crippen MR) is 78.0 cm³/mol. The van der Waals surface area contributed by atoms with Gasteiger partial charge in [0.05, 0.1) is 10.2 Å². The molecular weight excluding hydrogens is 306 g/mol. The van der Waals surface area contributed by atoms with Crippen LogP contribution in [0, 0.1) is 0 Å². The maximum atomic E-state index is 9.84. The molecule has 0 saturated heterocycles. The molecule has 0 saturated carbocycles. The van der Waals surface area contributed by atoms with Gasteiger partial charge in [-0.1, -0.05) is 13.8 Å². The number of rotatable bonds is 0. The average molecular weight is 320 g/mol. The number of fused-ring (bicyclic) bond motifs is 3. The van der Waals surface area contributed by atoms with E-state index >= 15 is 0 Å². The molecule has 0 radical (unpaired) electrons. The summed E-state index contributed by atoms with van der Waals surface area (Å²) < 4.78 is 0.737. The van der Waals surface area contributed by atoms with Crippen LogP contribution in [0.2, 0.25) is 0 Å². The third-order valence-corrected chi connectivity index (χ3v) is 4.53. The average Bonchev–Trinajstić information content (AvgIpc) is 2.34. The van der Waals surface area contributed by atoms with Crippen LogP contribution < -0.4 is 5.73 Å². The zero-order valence-corrected chi connectivity index (χ0v) is 12.3. The summed E-state index contributed by atoms with van der Waals surface area (Å²) in [5.74, 6) is 0.782. The van der Waals surface area contributed by atoms with E-state index in [2.05, 4.69) is 39.7 Å². The van der Waals surface area contributed by atoms with Crippen molar-refractivity contribution < 1.29 is 5.11 Å². The topological polar surface area (TPSA) is 72.0 Å². The lowest BCUT2D eigenvalue weighted by Gasteiger charge is -2.34. The first-order valence-corrected chi connectivity index (χ1v) is 6.83. The van der Waals surface area contributed by atoms with Gasteiger partial charge < -0.3 is 10.8 Å². The highest BCUT2D eigenvalue weighted by atomic mass is 79.9. The molecule has 98 valence electrons. The van der Waals surface area contributed by atoms with Gasteiger partial charge in [0.1, 0.15) is 17.9 Å². The predicted octanol–water partition coefficient (Wildman–Crippen LogP) is 3.03. The number of hydrogen-bond donors (Lipinski definition) is 2. The third-order valence-electron chi connectivity index (χ3n) is 3.65. The lowest BCUT2D eigenvalue weighted by atomic mass is 9.72. The lowest BCUT2D eigenvalue weighted by Crippen LogP contribution is -2.28. The van der Waals surface area contributed by atoms with Crippen LogP contribution in [-0.2, 0) is 11.8 Å². The summed E-state index contributed by atoms with van der Waals surface area (Å²) in [5, 5.41) is 9.84. The first kappa shape index (κ1) is 12.4. The highest BCUT2D eigenvalue weighted by molar-refractivity contribution is 9.10. The van der Waals surface area contributed by atoms with E-state index in [4.69, 9.17) is 5.73 Å². The highest BCUT2D eigenvalue weighted by Crippen LogP contribution is 2.47. The van der Waals surface area contributed by atoms with Crippen LogP contribution in [0.15, 0.2) is 22.9 Å². The molecule has 5 heteroatoms. The standard InChI is InChI=1S/C14H14BrN3O/c1-14(2)5-8-7(3-4-9(19)11(8)15)12-10(14)13(16)18-6-17-12/h3-4,6,19H,5H2,1-2H3,(H2,16,17,18). The molecule has 0 unspecified atom stereocenters. The number of nitrogens with two attached hydrogens (primary N) is 1. The Labute approximate surface area is 119 Å². The molecule has 0 spiro atoms. The number of aromatic hydroxyl groups is 1. The lowest BCUT2D eigenvalue weighted by molar-refractivity contribution is 0.466. The fourth-order valence-electron chi connectivity index (χ4n) is 2.80. The Hall–Kier alpha value is -1.62. The maximum absolute atomic E-state index is 9.84. The van der Waals surface area contributed by atoms with Crippen molar-refractivity contribution in [2.45, 2.75) is 25.7 Å². The van der Waals surface area contributed by atoms with Crippen molar-refractivity contribution in [1.29, 1.82) is 0 Å². The molecule has 0 aliphatic heterocycles. The summed E-state index contributed by atoms with van der Waals surface area (Å²) in [6, 6.07) is 3.55. The van der Waals surface area contributed by atoms with Crippen LogP contribution in [0.1, 0.15) is 25.0 Å². The molecule has 1 aliphatic carbocycles. The van der Waals surface area contributed by atoms with Crippen molar-refractivity contribution in [1.82, 2.24) is 9.97 Å². The van der Waals surface area contributed by atoms with E-state index in [1.54, 1.807) is 6.07 Å². The summed E-state index contributed by atoms with van der Waals surface area (Å²) in [5.41, 5.74) is 9.79. The van der Waals surface area contributed by atoms with E-state index < -0.39 is 0 Å². The Balaban J connectivity index is 2.39. The fourth-order valence-corrected chi connectivity index (χ4v) is 3.29. The third kappa shape index (κ3) is 1.72. The number of benzene rings is 1. The number of phenols is 1. The number of phenolic OH excluding ortho intramolecular Hbond substituents is 1. The highest BCUT2D eigenvalue weighted by Gasteiger charge is 2.35. The number of anilines is 1. The van der Waals surface area contributed by atoms with E-state index in [0.717, 1.165) is 33.3 Å². The Morgan fingerprint density at radius 1 is 1.32 bits per heavy atom. The van der Waals surface area contributed by atoms with Gasteiger partial charge in [-0.15, -0.1) is 0 Å². The smallest absolute Gasteiger partial charge is 0.131 e. The van der Waals surface area contributed by atoms with Crippen molar-refractivity contribution >= 4 is 21.7 Å². The van der Waals surface area contributed by atoms with Gasteiger partial charge in [-0.3, -0.25) is 0 Å². The van der Waals surface area contributed by atoms with Gasteiger partial charge in [-0.2, -0.15) is 0 Å². The second-order valence-corrected chi connectivity index (χ2v) is 6.26. The van der Waals surface area contributed by atoms with Gasteiger partial charge >= 0.3 is 0 Å². The van der Waals surface area contributed by atoms with Crippen molar-refractivity contribution in [3.8, 4) is 17.0 Å². The Morgan fingerprint density at radius 2 is 2.05 bits per heavy atom. The SMILES string of the molecule is CC1(C)Cc2c(ccc(O)c2Br)-c2ncnc(N)c21. The van der Waals surface area contributed by atoms with Gasteiger partial charge in [0, 0.05) is 11.1 Å². The Kier molecular flexibility index (Phi) is 2.57. The van der Waals surface area contributed by atoms with E-state index in [1.807, 2.05) is 6.07 Å². The molecule has 0 amide bonds. The minimum absolute atomic E-state index is 0.163. The molecule has 19 heavy (non-hydrogen) atoms. The van der Waals surface area contributed by atoms with Crippen LogP contribution in [0.4, 0.5) is 5.82 Å². The van der Waals surface area contributed by atoms with Crippen molar-refractivity contribution in [3.05, 3.63) is 34.1 Å². The summed E-state index contributed by atoms with van der Waals surface area (Å²) in [6.07, 6.45) is 2.27. The second kappa shape index (κ2) is 3.93. The molecular formula is C14H14BrN3O. The molecule has 3 rings (SSSR count). The maximum Gasteiger partial charge on any atom is 0.131 e. The molecule has 1 heterocycles. The molecule has 1 aromatic carbocycles. The van der Waals surface area contributed by atoms with E-state index in [0.29, 0.717) is 5.82 Å². The first-order valence-electron chi connectivity index (χ1n) is 6.03. The molecule has 1 aromatic heterocycles. The normalized spacial score (nSPS) is 15.7. The summed E-state index contributed by atoms with van der Waals surface area (Å²) in [7, 11) is 0. The van der Waals surface area contributed by atoms with E-state index in [1.165, 1.54) is 6.33 Å². The summed E-state index contributed by atoms with van der Waals surface area (Å²) >= 11 is 3.46. The summed E-state index contributed by atoms with van der Waals surface area (Å²) in [6.45, 7) is 4.23. The van der Waals surface area contributed by atoms with Crippen LogP contribution in [0.3, 0.4) is 0 Å². The first-order chi connectivity index (χ1) is 8.92. The molecule has 0 fully saturated rings. The van der Waals surface area contributed by atoms with Crippen LogP contribution in [0.5, 0.6) is 5.75 Å². The zero-order chi connectivity index (χ0) is 13.8. The van der Waals surface area contributed by atoms with Gasteiger partial charge in [0.2, 0.25) is 0 Å². The van der Waals surface area contributed by atoms with Gasteiger partial charge in [0.25, 0.3) is 0 Å². The Morgan fingerprint density at radius 3 is 2.79 bits per heavy atom. The van der Waals surface area contributed by atoms with E-state index in [9.17, 15) is 5.11 Å². The molecule has 1 aliphatic rings. The van der Waals surface area contributed by atoms with Crippen molar-refractivity contribution in [3.63, 3.8) is 0 Å². The minimum atomic E-state index is -0.163. The van der Waals surface area contributed by atoms with Crippen LogP contribution in [-0.4, -0.2) is 15.1 Å². The van der Waals surface area contributed by atoms with Gasteiger partial charge in [0.15, 0.2) is 0 Å². The second-order valence-electron chi connectivity index (χ2n) is 5.47. The van der Waals surface area contributed by atoms with Crippen molar-refractivity contribution in [2.75, 3.05) is 5.73 Å². The molecule has 4 nitrogen and oxygen atoms in total. The van der Waals surface area contributed by atoms with Gasteiger partial charge in [-0.05, 0) is 45.5 Å². The fraction of sp³-hybridized carbons (Fsp3) is 0.286. The number of hydrogen-bond acceptors (Lipinski definition) is 4. The Bertz CT molecular complexity index is 683. The largest absolute Gasteiger partial charge is 0.507 e. The van der Waals surface area contributed by atoms with Crippen molar-refractivity contribution in [2.24, 2.45) is 0 Å². The van der Waals surface area contributed by atoms with Gasteiger partial charge in [-0.25, -0.2) is 9.97 Å². The molecule has 0 bridgehead atoms. The zero-order valence-electron chi connectivity index (χ0n) is 10.7. The molecule has 0 atom stereocenters. The monoisotopic (exact) mass is 319 g/mol. The number of halogens is 1. The summed E-state index contributed by atoms with van der Waals surface area (Å²) in [4.78, 5) is 8.50. The number of nitrogen functional groups attached to an aromatic ring is 1. The van der Waals surface area contributed by atoms with Crippen LogP contribution in [0.25, 0.3) is 11.3 Å². The number of nitrogens with zero attached hydrogens (tertiary/aromatic N) is 2. The molecule has 3 N–H and O–H groups in total. The van der Waals surface area contributed by atoms with E-state index in [-0.39, 0.29) is 11.2 Å². The van der Waals surface area contributed by atoms with Crippen LogP contribution >= 0.6 is 15.9 Å². The number of aromatic nitrogens is 2. The minimum Gasteiger partial charge on any atom is -0.507 e. The molecule has 2 aromatic rings.